The second-order valence-electron chi connectivity index (χ2n) is 3.46. The minimum Gasteiger partial charge on any atom is -0.489 e. The minimum atomic E-state index is -0.856. The van der Waals surface area contributed by atoms with Gasteiger partial charge in [-0.25, -0.2) is 0 Å². The number of halogens is 1. The summed E-state index contributed by atoms with van der Waals surface area (Å²) in [5.74, 6) is -0.180. The number of carboxylic acids is 1. The van der Waals surface area contributed by atoms with Crippen molar-refractivity contribution in [2.75, 3.05) is 0 Å². The van der Waals surface area contributed by atoms with Crippen molar-refractivity contribution in [2.24, 2.45) is 0 Å². The van der Waals surface area contributed by atoms with Gasteiger partial charge < -0.3 is 9.84 Å². The highest BCUT2D eigenvalue weighted by molar-refractivity contribution is 9.10. The number of aryl methyl sites for hydroxylation is 1. The molecule has 0 aliphatic rings. The Labute approximate surface area is 97.2 Å². The Morgan fingerprint density at radius 2 is 2.27 bits per heavy atom. The lowest BCUT2D eigenvalue weighted by Gasteiger charge is -2.14. The molecule has 82 valence electrons. The summed E-state index contributed by atoms with van der Waals surface area (Å²) in [7, 11) is 0. The molecule has 0 aliphatic heterocycles. The number of aliphatic carboxylic acids is 1. The normalized spacial score (nSPS) is 12.2. The number of ether oxygens (including phenoxy) is 1. The molecule has 0 bridgehead atoms. The predicted molar refractivity (Wildman–Crippen MR) is 61.2 cm³/mol. The van der Waals surface area contributed by atoms with Gasteiger partial charge in [0, 0.05) is 0 Å². The van der Waals surface area contributed by atoms with E-state index in [0.717, 1.165) is 10.0 Å². The van der Waals surface area contributed by atoms with E-state index in [-0.39, 0.29) is 12.5 Å². The lowest BCUT2D eigenvalue weighted by molar-refractivity contribution is -0.138. The molecule has 1 N–H and O–H groups in total. The number of hydrogen-bond acceptors (Lipinski definition) is 2. The SMILES string of the molecule is Cc1ccc(O[C@@H](C)CC(=O)O)c(Br)c1. The van der Waals surface area contributed by atoms with Crippen LogP contribution in [0.3, 0.4) is 0 Å². The molecule has 15 heavy (non-hydrogen) atoms. The van der Waals surface area contributed by atoms with Gasteiger partial charge in [0.1, 0.15) is 11.9 Å². The number of benzene rings is 1. The third kappa shape index (κ3) is 3.91. The predicted octanol–water partition coefficient (Wildman–Crippen LogP) is 3.00. The van der Waals surface area contributed by atoms with Crippen molar-refractivity contribution in [3.05, 3.63) is 28.2 Å². The van der Waals surface area contributed by atoms with E-state index in [1.165, 1.54) is 0 Å². The summed E-state index contributed by atoms with van der Waals surface area (Å²) in [6.07, 6.45) is -0.332. The number of rotatable bonds is 4. The second-order valence-corrected chi connectivity index (χ2v) is 4.31. The Morgan fingerprint density at radius 3 is 2.80 bits per heavy atom. The van der Waals surface area contributed by atoms with E-state index < -0.39 is 5.97 Å². The smallest absolute Gasteiger partial charge is 0.307 e. The van der Waals surface area contributed by atoms with Crippen molar-refractivity contribution in [3.8, 4) is 5.75 Å². The molecule has 0 spiro atoms. The van der Waals surface area contributed by atoms with E-state index in [1.807, 2.05) is 25.1 Å². The molecule has 0 heterocycles. The zero-order chi connectivity index (χ0) is 11.4. The molecule has 0 fully saturated rings. The maximum atomic E-state index is 10.4. The molecule has 0 amide bonds. The van der Waals surface area contributed by atoms with Crippen LogP contribution < -0.4 is 4.74 Å². The van der Waals surface area contributed by atoms with Gasteiger partial charge in [-0.2, -0.15) is 0 Å². The second kappa shape index (κ2) is 5.16. The van der Waals surface area contributed by atoms with Gasteiger partial charge >= 0.3 is 5.97 Å². The van der Waals surface area contributed by atoms with Crippen molar-refractivity contribution < 1.29 is 14.6 Å². The first-order valence-electron chi connectivity index (χ1n) is 4.63. The topological polar surface area (TPSA) is 46.5 Å². The number of hydrogen-bond donors (Lipinski definition) is 1. The zero-order valence-electron chi connectivity index (χ0n) is 8.66. The molecule has 1 aromatic rings. The molecule has 3 nitrogen and oxygen atoms in total. The van der Waals surface area contributed by atoms with Gasteiger partial charge in [0.05, 0.1) is 10.9 Å². The van der Waals surface area contributed by atoms with E-state index in [0.29, 0.717) is 5.75 Å². The summed E-state index contributed by atoms with van der Waals surface area (Å²) in [5.41, 5.74) is 1.13. The van der Waals surface area contributed by atoms with Crippen LogP contribution in [0.1, 0.15) is 18.9 Å². The summed E-state index contributed by atoms with van der Waals surface area (Å²) in [6, 6.07) is 5.69. The first kappa shape index (κ1) is 12.0. The average Bonchev–Trinajstić information content (AvgIpc) is 2.08. The van der Waals surface area contributed by atoms with Crippen LogP contribution in [0, 0.1) is 6.92 Å². The maximum Gasteiger partial charge on any atom is 0.307 e. The number of carbonyl (C=O) groups is 1. The molecule has 0 aliphatic carbocycles. The van der Waals surface area contributed by atoms with Crippen molar-refractivity contribution in [1.29, 1.82) is 0 Å². The Hall–Kier alpha value is -1.03. The lowest BCUT2D eigenvalue weighted by atomic mass is 10.2. The summed E-state index contributed by atoms with van der Waals surface area (Å²) in [6.45, 7) is 3.72. The summed E-state index contributed by atoms with van der Waals surface area (Å²) >= 11 is 3.37. The molecule has 1 rings (SSSR count). The van der Waals surface area contributed by atoms with Gasteiger partial charge in [-0.3, -0.25) is 4.79 Å². The van der Waals surface area contributed by atoms with Crippen LogP contribution in [0.2, 0.25) is 0 Å². The van der Waals surface area contributed by atoms with Gasteiger partial charge in [-0.15, -0.1) is 0 Å². The highest BCUT2D eigenvalue weighted by Gasteiger charge is 2.10. The molecule has 0 unspecified atom stereocenters. The lowest BCUT2D eigenvalue weighted by Crippen LogP contribution is -2.16. The van der Waals surface area contributed by atoms with Crippen LogP contribution in [0.5, 0.6) is 5.75 Å². The van der Waals surface area contributed by atoms with Crippen LogP contribution in [0.4, 0.5) is 0 Å². The first-order chi connectivity index (χ1) is 6.99. The van der Waals surface area contributed by atoms with Crippen LogP contribution in [-0.2, 0) is 4.79 Å². The van der Waals surface area contributed by atoms with Gasteiger partial charge in [0.15, 0.2) is 0 Å². The molecule has 0 saturated heterocycles. The fraction of sp³-hybridized carbons (Fsp3) is 0.364. The Morgan fingerprint density at radius 1 is 1.60 bits per heavy atom. The molecular weight excluding hydrogens is 260 g/mol. The Balaban J connectivity index is 2.68. The fourth-order valence-electron chi connectivity index (χ4n) is 1.21. The summed E-state index contributed by atoms with van der Waals surface area (Å²) in [5, 5.41) is 8.58. The first-order valence-corrected chi connectivity index (χ1v) is 5.43. The molecule has 4 heteroatoms. The molecule has 0 aromatic heterocycles. The average molecular weight is 273 g/mol. The Kier molecular flexibility index (Phi) is 4.15. The van der Waals surface area contributed by atoms with E-state index in [2.05, 4.69) is 15.9 Å². The fourth-order valence-corrected chi connectivity index (χ4v) is 1.79. The van der Waals surface area contributed by atoms with Crippen molar-refractivity contribution in [3.63, 3.8) is 0 Å². The molecule has 1 aromatic carbocycles. The highest BCUT2D eigenvalue weighted by atomic mass is 79.9. The Bertz CT molecular complexity index is 363. The van der Waals surface area contributed by atoms with Crippen molar-refractivity contribution in [2.45, 2.75) is 26.4 Å². The van der Waals surface area contributed by atoms with E-state index in [9.17, 15) is 4.79 Å². The van der Waals surface area contributed by atoms with Crippen LogP contribution in [0.25, 0.3) is 0 Å². The van der Waals surface area contributed by atoms with E-state index >= 15 is 0 Å². The number of carboxylic acid groups (broad SMARTS) is 1. The van der Waals surface area contributed by atoms with Crippen LogP contribution >= 0.6 is 15.9 Å². The van der Waals surface area contributed by atoms with Crippen LogP contribution in [0.15, 0.2) is 22.7 Å². The zero-order valence-corrected chi connectivity index (χ0v) is 10.2. The van der Waals surface area contributed by atoms with Gasteiger partial charge in [0.2, 0.25) is 0 Å². The highest BCUT2D eigenvalue weighted by Crippen LogP contribution is 2.26. The molecular formula is C11H13BrO3. The molecule has 0 saturated carbocycles. The molecule has 1 atom stereocenters. The van der Waals surface area contributed by atoms with Crippen molar-refractivity contribution >= 4 is 21.9 Å². The van der Waals surface area contributed by atoms with Crippen LogP contribution in [-0.4, -0.2) is 17.2 Å². The summed E-state index contributed by atoms with van der Waals surface area (Å²) in [4.78, 5) is 10.4. The van der Waals surface area contributed by atoms with E-state index in [4.69, 9.17) is 9.84 Å². The van der Waals surface area contributed by atoms with Gasteiger partial charge in [-0.1, -0.05) is 6.07 Å². The quantitative estimate of drug-likeness (QED) is 0.917. The van der Waals surface area contributed by atoms with Gasteiger partial charge in [-0.05, 0) is 47.5 Å². The largest absolute Gasteiger partial charge is 0.489 e. The minimum absolute atomic E-state index is 0.000314. The maximum absolute atomic E-state index is 10.4. The summed E-state index contributed by atoms with van der Waals surface area (Å²) < 4.78 is 6.33. The molecule has 0 radical (unpaired) electrons. The third-order valence-corrected chi connectivity index (χ3v) is 2.50. The standard InChI is InChI=1S/C11H13BrO3/c1-7-3-4-10(9(12)5-7)15-8(2)6-11(13)14/h3-5,8H,6H2,1-2H3,(H,13,14)/t8-/m0/s1. The van der Waals surface area contributed by atoms with E-state index in [1.54, 1.807) is 6.92 Å². The monoisotopic (exact) mass is 272 g/mol. The third-order valence-electron chi connectivity index (χ3n) is 1.88. The van der Waals surface area contributed by atoms with Gasteiger partial charge in [0.25, 0.3) is 0 Å². The van der Waals surface area contributed by atoms with Crippen molar-refractivity contribution in [1.82, 2.24) is 0 Å².